The van der Waals surface area contributed by atoms with E-state index in [9.17, 15) is 14.4 Å². The van der Waals surface area contributed by atoms with Crippen LogP contribution in [-0.2, 0) is 27.8 Å². The number of aromatic nitrogens is 1. The van der Waals surface area contributed by atoms with Crippen molar-refractivity contribution in [3.8, 4) is 6.07 Å². The van der Waals surface area contributed by atoms with Gasteiger partial charge in [0.25, 0.3) is 0 Å². The summed E-state index contributed by atoms with van der Waals surface area (Å²) in [4.78, 5) is 39.8. The molecule has 0 spiro atoms. The van der Waals surface area contributed by atoms with E-state index in [0.717, 1.165) is 35.7 Å². The van der Waals surface area contributed by atoms with Crippen LogP contribution in [0.25, 0.3) is 10.9 Å². The Kier molecular flexibility index (Phi) is 9.40. The van der Waals surface area contributed by atoms with Crippen LogP contribution in [0.15, 0.2) is 48.7 Å². The molecule has 0 saturated carbocycles. The third-order valence-electron chi connectivity index (χ3n) is 6.20. The minimum absolute atomic E-state index is 0.0248. The van der Waals surface area contributed by atoms with Crippen LogP contribution >= 0.6 is 0 Å². The number of benzene rings is 2. The van der Waals surface area contributed by atoms with Crippen molar-refractivity contribution in [3.63, 3.8) is 0 Å². The van der Waals surface area contributed by atoms with Gasteiger partial charge < -0.3 is 14.2 Å². The van der Waals surface area contributed by atoms with E-state index in [2.05, 4.69) is 13.0 Å². The van der Waals surface area contributed by atoms with Crippen LogP contribution in [0.4, 0.5) is 5.69 Å². The van der Waals surface area contributed by atoms with E-state index in [-0.39, 0.29) is 24.8 Å². The van der Waals surface area contributed by atoms with E-state index in [1.807, 2.05) is 42.1 Å². The summed E-state index contributed by atoms with van der Waals surface area (Å²) in [6.45, 7) is 3.92. The topological polar surface area (TPSA) is 92.4 Å². The molecule has 36 heavy (non-hydrogen) atoms. The standard InChI is InChI=1S/C29H33N3O4/c1-4-6-7-8-28(34)32(20-29(35)36-5-2)23-14-15-24-25(19-31(3)26(24)17-23)27(33)16-13-21-9-11-22(18-30)12-10-21/h9-12,14-15,17,19H,4-8,13,16,20H2,1-3H3. The number of esters is 1. The van der Waals surface area contributed by atoms with Crippen molar-refractivity contribution in [2.45, 2.75) is 52.4 Å². The van der Waals surface area contributed by atoms with E-state index in [4.69, 9.17) is 10.00 Å². The first-order valence-corrected chi connectivity index (χ1v) is 12.4. The van der Waals surface area contributed by atoms with E-state index in [1.165, 1.54) is 4.90 Å². The van der Waals surface area contributed by atoms with Gasteiger partial charge in [-0.2, -0.15) is 5.26 Å². The first-order valence-electron chi connectivity index (χ1n) is 12.4. The van der Waals surface area contributed by atoms with Crippen LogP contribution in [0.1, 0.15) is 67.4 Å². The Morgan fingerprint density at radius 3 is 2.44 bits per heavy atom. The van der Waals surface area contributed by atoms with Gasteiger partial charge in [0, 0.05) is 42.7 Å². The van der Waals surface area contributed by atoms with Crippen molar-refractivity contribution in [1.82, 2.24) is 4.57 Å². The number of fused-ring (bicyclic) bond motifs is 1. The molecular weight excluding hydrogens is 454 g/mol. The van der Waals surface area contributed by atoms with E-state index >= 15 is 0 Å². The van der Waals surface area contributed by atoms with Crippen molar-refractivity contribution in [3.05, 3.63) is 65.4 Å². The fraction of sp³-hybridized carbons (Fsp3) is 0.379. The smallest absolute Gasteiger partial charge is 0.326 e. The molecule has 0 atom stereocenters. The SMILES string of the molecule is CCCCCC(=O)N(CC(=O)OCC)c1ccc2c(C(=O)CCc3ccc(C#N)cc3)cn(C)c2c1. The van der Waals surface area contributed by atoms with Gasteiger partial charge in [0.05, 0.1) is 23.8 Å². The second kappa shape index (κ2) is 12.7. The first-order chi connectivity index (χ1) is 17.4. The van der Waals surface area contributed by atoms with Crippen molar-refractivity contribution in [1.29, 1.82) is 5.26 Å². The molecular formula is C29H33N3O4. The number of nitriles is 1. The molecule has 0 radical (unpaired) electrons. The Labute approximate surface area is 212 Å². The number of ketones is 1. The maximum absolute atomic E-state index is 13.1. The van der Waals surface area contributed by atoms with E-state index < -0.39 is 5.97 Å². The number of rotatable bonds is 12. The number of Topliss-reactive ketones (excluding diaryl/α,β-unsaturated/α-hetero) is 1. The van der Waals surface area contributed by atoms with Crippen molar-refractivity contribution >= 4 is 34.3 Å². The lowest BCUT2D eigenvalue weighted by atomic mass is 10.0. The van der Waals surface area contributed by atoms with Crippen molar-refractivity contribution in [2.75, 3.05) is 18.1 Å². The Hall–Kier alpha value is -3.92. The normalized spacial score (nSPS) is 10.7. The molecule has 0 saturated heterocycles. The number of aryl methyl sites for hydroxylation is 2. The number of unbranched alkanes of at least 4 members (excludes halogenated alkanes) is 2. The number of anilines is 1. The van der Waals surface area contributed by atoms with Gasteiger partial charge in [0.2, 0.25) is 5.91 Å². The summed E-state index contributed by atoms with van der Waals surface area (Å²) in [5.41, 5.74) is 3.63. The molecule has 0 unspecified atom stereocenters. The summed E-state index contributed by atoms with van der Waals surface area (Å²) in [6.07, 6.45) is 5.81. The lowest BCUT2D eigenvalue weighted by Gasteiger charge is -2.22. The largest absolute Gasteiger partial charge is 0.465 e. The molecule has 0 fully saturated rings. The van der Waals surface area contributed by atoms with Crippen LogP contribution in [-0.4, -0.2) is 35.4 Å². The van der Waals surface area contributed by atoms with Crippen LogP contribution < -0.4 is 4.90 Å². The molecule has 7 nitrogen and oxygen atoms in total. The quantitative estimate of drug-likeness (QED) is 0.195. The van der Waals surface area contributed by atoms with Gasteiger partial charge in [-0.05, 0) is 49.6 Å². The van der Waals surface area contributed by atoms with Gasteiger partial charge in [0.1, 0.15) is 6.54 Å². The second-order valence-corrected chi connectivity index (χ2v) is 8.83. The number of amides is 1. The summed E-state index contributed by atoms with van der Waals surface area (Å²) in [6, 6.07) is 14.8. The van der Waals surface area contributed by atoms with Gasteiger partial charge in [0.15, 0.2) is 5.78 Å². The van der Waals surface area contributed by atoms with E-state index in [1.54, 1.807) is 25.1 Å². The number of carbonyl (C=O) groups excluding carboxylic acids is 3. The maximum atomic E-state index is 13.1. The molecule has 0 aliphatic heterocycles. The zero-order chi connectivity index (χ0) is 26.1. The molecule has 3 rings (SSSR count). The highest BCUT2D eigenvalue weighted by atomic mass is 16.5. The Morgan fingerprint density at radius 1 is 1.03 bits per heavy atom. The lowest BCUT2D eigenvalue weighted by Crippen LogP contribution is -2.36. The molecule has 2 aromatic carbocycles. The molecule has 0 aliphatic carbocycles. The average Bonchev–Trinajstić information content (AvgIpc) is 3.22. The monoisotopic (exact) mass is 487 g/mol. The average molecular weight is 488 g/mol. The summed E-state index contributed by atoms with van der Waals surface area (Å²) < 4.78 is 6.97. The molecule has 0 N–H and O–H groups in total. The molecule has 188 valence electrons. The predicted molar refractivity (Wildman–Crippen MR) is 140 cm³/mol. The highest BCUT2D eigenvalue weighted by Crippen LogP contribution is 2.28. The second-order valence-electron chi connectivity index (χ2n) is 8.83. The summed E-state index contributed by atoms with van der Waals surface area (Å²) in [7, 11) is 1.86. The fourth-order valence-corrected chi connectivity index (χ4v) is 4.22. The Balaban J connectivity index is 1.83. The molecule has 1 aromatic heterocycles. The Bertz CT molecular complexity index is 1270. The number of carbonyl (C=O) groups is 3. The summed E-state index contributed by atoms with van der Waals surface area (Å²) in [5, 5.41) is 9.75. The molecule has 1 amide bonds. The third-order valence-corrected chi connectivity index (χ3v) is 6.20. The van der Waals surface area contributed by atoms with Crippen LogP contribution in [0.3, 0.4) is 0 Å². The number of hydrogen-bond acceptors (Lipinski definition) is 5. The zero-order valence-electron chi connectivity index (χ0n) is 21.3. The molecule has 1 heterocycles. The van der Waals surface area contributed by atoms with Crippen LogP contribution in [0.2, 0.25) is 0 Å². The first kappa shape index (κ1) is 26.7. The highest BCUT2D eigenvalue weighted by Gasteiger charge is 2.22. The van der Waals surface area contributed by atoms with Crippen molar-refractivity contribution in [2.24, 2.45) is 7.05 Å². The van der Waals surface area contributed by atoms with Crippen LogP contribution in [0.5, 0.6) is 0 Å². The molecule has 3 aromatic rings. The zero-order valence-corrected chi connectivity index (χ0v) is 21.3. The van der Waals surface area contributed by atoms with E-state index in [0.29, 0.717) is 36.1 Å². The highest BCUT2D eigenvalue weighted by molar-refractivity contribution is 6.09. The number of hydrogen-bond donors (Lipinski definition) is 0. The van der Waals surface area contributed by atoms with Gasteiger partial charge in [-0.25, -0.2) is 0 Å². The van der Waals surface area contributed by atoms with Gasteiger partial charge in [-0.15, -0.1) is 0 Å². The fourth-order valence-electron chi connectivity index (χ4n) is 4.22. The minimum atomic E-state index is -0.452. The van der Waals surface area contributed by atoms with Crippen molar-refractivity contribution < 1.29 is 19.1 Å². The third kappa shape index (κ3) is 6.60. The lowest BCUT2D eigenvalue weighted by molar-refractivity contribution is -0.142. The molecule has 0 bridgehead atoms. The molecule has 7 heteroatoms. The number of nitrogens with zero attached hydrogens (tertiary/aromatic N) is 3. The van der Waals surface area contributed by atoms with Crippen LogP contribution in [0, 0.1) is 11.3 Å². The summed E-state index contributed by atoms with van der Waals surface area (Å²) in [5.74, 6) is -0.549. The summed E-state index contributed by atoms with van der Waals surface area (Å²) >= 11 is 0. The minimum Gasteiger partial charge on any atom is -0.465 e. The van der Waals surface area contributed by atoms with Gasteiger partial charge in [-0.1, -0.05) is 38.0 Å². The van der Waals surface area contributed by atoms with Gasteiger partial charge in [-0.3, -0.25) is 14.4 Å². The van der Waals surface area contributed by atoms with Gasteiger partial charge >= 0.3 is 5.97 Å². The molecule has 0 aliphatic rings. The number of ether oxygens (including phenoxy) is 1. The Morgan fingerprint density at radius 2 is 1.78 bits per heavy atom. The maximum Gasteiger partial charge on any atom is 0.326 e. The predicted octanol–water partition coefficient (Wildman–Crippen LogP) is 5.34.